The summed E-state index contributed by atoms with van der Waals surface area (Å²) in [5, 5.41) is 0.615. The Morgan fingerprint density at radius 1 is 0.839 bits per heavy atom. The standard InChI is InChI=1S/C26H24ClF3O/c1-16(2)12-25(17(3)31)22-14-20(18-4-8-23(9-5-18)26(28,29)30)13-21(15-22)19-6-10-24(27)11-7-19/h4-11,13-16,25H,12H2,1-3H3. The number of carbonyl (C=O) groups excluding carboxylic acids is 1. The Hall–Kier alpha value is -2.59. The van der Waals surface area contributed by atoms with Gasteiger partial charge >= 0.3 is 6.18 Å². The van der Waals surface area contributed by atoms with Crippen LogP contribution in [-0.2, 0) is 11.0 Å². The van der Waals surface area contributed by atoms with Gasteiger partial charge in [-0.25, -0.2) is 0 Å². The largest absolute Gasteiger partial charge is 0.416 e. The summed E-state index contributed by atoms with van der Waals surface area (Å²) in [6, 6.07) is 18.3. The summed E-state index contributed by atoms with van der Waals surface area (Å²) in [6.07, 6.45) is -3.68. The lowest BCUT2D eigenvalue weighted by Gasteiger charge is -2.19. The maximum Gasteiger partial charge on any atom is 0.416 e. The first-order valence-corrected chi connectivity index (χ1v) is 10.5. The molecule has 0 spiro atoms. The van der Waals surface area contributed by atoms with E-state index in [-0.39, 0.29) is 11.7 Å². The molecule has 0 heterocycles. The third-order valence-corrected chi connectivity index (χ3v) is 5.53. The number of halogens is 4. The molecule has 162 valence electrons. The molecular weight excluding hydrogens is 421 g/mol. The third-order valence-electron chi connectivity index (χ3n) is 5.28. The molecule has 1 unspecified atom stereocenters. The van der Waals surface area contributed by atoms with E-state index in [9.17, 15) is 18.0 Å². The topological polar surface area (TPSA) is 17.1 Å². The average molecular weight is 445 g/mol. The second-order valence-corrected chi connectivity index (χ2v) is 8.65. The lowest BCUT2D eigenvalue weighted by atomic mass is 9.84. The van der Waals surface area contributed by atoms with Gasteiger partial charge in [0.2, 0.25) is 0 Å². The zero-order valence-electron chi connectivity index (χ0n) is 17.6. The first-order valence-electron chi connectivity index (χ1n) is 10.1. The van der Waals surface area contributed by atoms with Gasteiger partial charge in [0, 0.05) is 10.9 Å². The summed E-state index contributed by atoms with van der Waals surface area (Å²) in [5.74, 6) is 0.114. The van der Waals surface area contributed by atoms with E-state index >= 15 is 0 Å². The first-order chi connectivity index (χ1) is 14.5. The molecule has 0 aliphatic rings. The highest BCUT2D eigenvalue weighted by molar-refractivity contribution is 6.30. The fraction of sp³-hybridized carbons (Fsp3) is 0.269. The molecule has 0 saturated carbocycles. The predicted molar refractivity (Wildman–Crippen MR) is 120 cm³/mol. The lowest BCUT2D eigenvalue weighted by Crippen LogP contribution is -2.12. The summed E-state index contributed by atoms with van der Waals surface area (Å²) in [7, 11) is 0. The van der Waals surface area contributed by atoms with Crippen molar-refractivity contribution in [3.05, 3.63) is 82.9 Å². The van der Waals surface area contributed by atoms with Crippen molar-refractivity contribution in [1.82, 2.24) is 0 Å². The van der Waals surface area contributed by atoms with Gasteiger partial charge in [-0.05, 0) is 77.4 Å². The monoisotopic (exact) mass is 444 g/mol. The van der Waals surface area contributed by atoms with Crippen LogP contribution in [0, 0.1) is 5.92 Å². The summed E-state index contributed by atoms with van der Waals surface area (Å²) in [5.41, 5.74) is 3.42. The van der Waals surface area contributed by atoms with Gasteiger partial charge < -0.3 is 0 Å². The Morgan fingerprint density at radius 3 is 1.74 bits per heavy atom. The van der Waals surface area contributed by atoms with Crippen LogP contribution in [0.15, 0.2) is 66.7 Å². The van der Waals surface area contributed by atoms with E-state index in [4.69, 9.17) is 11.6 Å². The smallest absolute Gasteiger partial charge is 0.299 e. The van der Waals surface area contributed by atoms with Crippen LogP contribution >= 0.6 is 11.6 Å². The van der Waals surface area contributed by atoms with Crippen molar-refractivity contribution in [2.75, 3.05) is 0 Å². The van der Waals surface area contributed by atoms with Gasteiger partial charge in [-0.3, -0.25) is 4.79 Å². The molecule has 0 saturated heterocycles. The Morgan fingerprint density at radius 2 is 1.32 bits per heavy atom. The maximum atomic E-state index is 13.0. The lowest BCUT2D eigenvalue weighted by molar-refractivity contribution is -0.137. The van der Waals surface area contributed by atoms with E-state index in [0.717, 1.165) is 34.4 Å². The summed E-state index contributed by atoms with van der Waals surface area (Å²) >= 11 is 6.02. The van der Waals surface area contributed by atoms with E-state index in [1.807, 2.05) is 30.3 Å². The molecule has 1 atom stereocenters. The number of ketones is 1. The summed E-state index contributed by atoms with van der Waals surface area (Å²) in [4.78, 5) is 12.4. The van der Waals surface area contributed by atoms with Crippen LogP contribution in [0.5, 0.6) is 0 Å². The second kappa shape index (κ2) is 9.27. The van der Waals surface area contributed by atoms with Crippen LogP contribution in [0.1, 0.15) is 44.2 Å². The van der Waals surface area contributed by atoms with Crippen molar-refractivity contribution < 1.29 is 18.0 Å². The summed E-state index contributed by atoms with van der Waals surface area (Å²) in [6.45, 7) is 5.71. The van der Waals surface area contributed by atoms with Crippen molar-refractivity contribution in [3.8, 4) is 22.3 Å². The SMILES string of the molecule is CC(=O)C(CC(C)C)c1cc(-c2ccc(Cl)cc2)cc(-c2ccc(C(F)(F)F)cc2)c1. The van der Waals surface area contributed by atoms with E-state index in [0.29, 0.717) is 22.9 Å². The minimum absolute atomic E-state index is 0.0697. The minimum atomic E-state index is -4.38. The van der Waals surface area contributed by atoms with E-state index < -0.39 is 11.7 Å². The molecule has 3 rings (SSSR count). The van der Waals surface area contributed by atoms with Gasteiger partial charge in [0.15, 0.2) is 0 Å². The quantitative estimate of drug-likeness (QED) is 0.373. The molecule has 0 aliphatic carbocycles. The van der Waals surface area contributed by atoms with Crippen molar-refractivity contribution in [3.63, 3.8) is 0 Å². The maximum absolute atomic E-state index is 13.0. The minimum Gasteiger partial charge on any atom is -0.299 e. The normalized spacial score (nSPS) is 12.8. The Labute approximate surface area is 185 Å². The predicted octanol–water partition coefficient (Wildman–Crippen LogP) is 8.41. The van der Waals surface area contributed by atoms with Crippen molar-refractivity contribution in [2.24, 2.45) is 5.92 Å². The highest BCUT2D eigenvalue weighted by Gasteiger charge is 2.30. The number of alkyl halides is 3. The van der Waals surface area contributed by atoms with Gasteiger partial charge in [0.1, 0.15) is 5.78 Å². The molecule has 0 N–H and O–H groups in total. The van der Waals surface area contributed by atoms with Crippen LogP contribution < -0.4 is 0 Å². The molecule has 3 aromatic carbocycles. The fourth-order valence-electron chi connectivity index (χ4n) is 3.69. The van der Waals surface area contributed by atoms with Crippen molar-refractivity contribution in [1.29, 1.82) is 0 Å². The molecule has 0 radical (unpaired) electrons. The highest BCUT2D eigenvalue weighted by atomic mass is 35.5. The van der Waals surface area contributed by atoms with E-state index in [1.165, 1.54) is 12.1 Å². The van der Waals surface area contributed by atoms with Crippen LogP contribution in [0.2, 0.25) is 5.02 Å². The van der Waals surface area contributed by atoms with Crippen LogP contribution in [0.25, 0.3) is 22.3 Å². The average Bonchev–Trinajstić information content (AvgIpc) is 2.71. The molecule has 1 nitrogen and oxygen atoms in total. The van der Waals surface area contributed by atoms with Gasteiger partial charge in [-0.1, -0.05) is 61.8 Å². The molecule has 0 aliphatic heterocycles. The molecule has 0 fully saturated rings. The van der Waals surface area contributed by atoms with Gasteiger partial charge in [0.25, 0.3) is 0 Å². The van der Waals surface area contributed by atoms with Crippen LogP contribution in [0.3, 0.4) is 0 Å². The number of hydrogen-bond acceptors (Lipinski definition) is 1. The molecule has 5 heteroatoms. The van der Waals surface area contributed by atoms with Crippen LogP contribution in [0.4, 0.5) is 13.2 Å². The Bertz CT molecular complexity index is 1050. The zero-order valence-corrected chi connectivity index (χ0v) is 18.4. The number of Topliss-reactive ketones (excluding diaryl/α,β-unsaturated/α-hetero) is 1. The van der Waals surface area contributed by atoms with E-state index in [1.54, 1.807) is 19.1 Å². The zero-order chi connectivity index (χ0) is 22.8. The Kier molecular flexibility index (Phi) is 6.90. The summed E-state index contributed by atoms with van der Waals surface area (Å²) < 4.78 is 38.9. The van der Waals surface area contributed by atoms with Gasteiger partial charge in [-0.2, -0.15) is 13.2 Å². The molecule has 3 aromatic rings. The fourth-order valence-corrected chi connectivity index (χ4v) is 3.81. The van der Waals surface area contributed by atoms with Gasteiger partial charge in [-0.15, -0.1) is 0 Å². The number of benzene rings is 3. The second-order valence-electron chi connectivity index (χ2n) is 8.22. The number of rotatable bonds is 6. The van der Waals surface area contributed by atoms with Crippen molar-refractivity contribution >= 4 is 17.4 Å². The first kappa shape index (κ1) is 23.1. The molecular formula is C26H24ClF3O. The van der Waals surface area contributed by atoms with E-state index in [2.05, 4.69) is 13.8 Å². The molecule has 0 amide bonds. The number of carbonyl (C=O) groups is 1. The van der Waals surface area contributed by atoms with Gasteiger partial charge in [0.05, 0.1) is 5.56 Å². The Balaban J connectivity index is 2.14. The molecule has 0 bridgehead atoms. The number of hydrogen-bond donors (Lipinski definition) is 0. The third kappa shape index (κ3) is 5.76. The molecule has 31 heavy (non-hydrogen) atoms. The highest BCUT2D eigenvalue weighted by Crippen LogP contribution is 2.36. The molecule has 0 aromatic heterocycles. The van der Waals surface area contributed by atoms with Crippen LogP contribution in [-0.4, -0.2) is 5.78 Å². The van der Waals surface area contributed by atoms with Crippen molar-refractivity contribution in [2.45, 2.75) is 39.3 Å².